The molecule has 0 radical (unpaired) electrons. The van der Waals surface area contributed by atoms with Gasteiger partial charge in [0.25, 0.3) is 0 Å². The predicted molar refractivity (Wildman–Crippen MR) is 62.7 cm³/mol. The Morgan fingerprint density at radius 3 is 2.29 bits per heavy atom. The van der Waals surface area contributed by atoms with E-state index < -0.39 is 9.84 Å². The molecule has 0 N–H and O–H groups in total. The van der Waals surface area contributed by atoms with E-state index in [1.807, 2.05) is 0 Å². The van der Waals surface area contributed by atoms with Crippen molar-refractivity contribution in [2.24, 2.45) is 4.99 Å². The fourth-order valence-electron chi connectivity index (χ4n) is 1.13. The van der Waals surface area contributed by atoms with E-state index in [0.717, 1.165) is 38.6 Å². The van der Waals surface area contributed by atoms with Gasteiger partial charge >= 0.3 is 0 Å². The molecule has 0 heterocycles. The van der Waals surface area contributed by atoms with Crippen LogP contribution >= 0.6 is 12.2 Å². The van der Waals surface area contributed by atoms with E-state index in [-0.39, 0.29) is 0 Å². The first-order valence-electron chi connectivity index (χ1n) is 4.77. The van der Waals surface area contributed by atoms with Gasteiger partial charge in [0.2, 0.25) is 0 Å². The SMILES string of the molecule is CS(=O)(=O)CCCCCCCN=C=S. The molecule has 0 amide bonds. The standard InChI is InChI=1S/C9H17NO2S2/c1-14(11,12)8-6-4-2-3-5-7-10-9-13/h2-8H2,1H3. The second kappa shape index (κ2) is 8.09. The fourth-order valence-corrected chi connectivity index (χ4v) is 1.95. The van der Waals surface area contributed by atoms with Crippen LogP contribution in [-0.4, -0.2) is 32.1 Å². The largest absolute Gasteiger partial charge is 0.233 e. The maximum atomic E-state index is 10.8. The van der Waals surface area contributed by atoms with Gasteiger partial charge in [-0.3, -0.25) is 0 Å². The third-order valence-corrected chi connectivity index (χ3v) is 3.01. The second-order valence-electron chi connectivity index (χ2n) is 3.37. The Balaban J connectivity index is 3.18. The first-order chi connectivity index (χ1) is 6.56. The number of unbranched alkanes of at least 4 members (excludes halogenated alkanes) is 4. The average Bonchev–Trinajstić information content (AvgIpc) is 2.08. The van der Waals surface area contributed by atoms with Crippen molar-refractivity contribution in [3.8, 4) is 0 Å². The van der Waals surface area contributed by atoms with Gasteiger partial charge in [0, 0.05) is 18.6 Å². The molecule has 0 bridgehead atoms. The molecule has 0 unspecified atom stereocenters. The quantitative estimate of drug-likeness (QED) is 0.367. The zero-order chi connectivity index (χ0) is 10.9. The predicted octanol–water partition coefficient (Wildman–Crippen LogP) is 2.08. The lowest BCUT2D eigenvalue weighted by Gasteiger charge is -1.98. The molecule has 0 aromatic carbocycles. The Labute approximate surface area is 91.5 Å². The zero-order valence-corrected chi connectivity index (χ0v) is 10.2. The zero-order valence-electron chi connectivity index (χ0n) is 8.53. The molecule has 14 heavy (non-hydrogen) atoms. The monoisotopic (exact) mass is 235 g/mol. The van der Waals surface area contributed by atoms with Crippen molar-refractivity contribution in [2.75, 3.05) is 18.6 Å². The number of isothiocyanates is 1. The fraction of sp³-hybridized carbons (Fsp3) is 0.889. The summed E-state index contributed by atoms with van der Waals surface area (Å²) in [5.41, 5.74) is 0. The Bertz CT molecular complexity index is 279. The van der Waals surface area contributed by atoms with E-state index in [4.69, 9.17) is 0 Å². The van der Waals surface area contributed by atoms with Crippen molar-refractivity contribution in [1.29, 1.82) is 0 Å². The Hall–Kier alpha value is -0.250. The van der Waals surface area contributed by atoms with Crippen LogP contribution in [0, 0.1) is 0 Å². The van der Waals surface area contributed by atoms with Crippen molar-refractivity contribution in [2.45, 2.75) is 32.1 Å². The van der Waals surface area contributed by atoms with E-state index in [9.17, 15) is 8.42 Å². The van der Waals surface area contributed by atoms with Crippen LogP contribution in [0.3, 0.4) is 0 Å². The summed E-state index contributed by atoms with van der Waals surface area (Å²) in [5, 5.41) is 2.32. The van der Waals surface area contributed by atoms with Crippen LogP contribution < -0.4 is 0 Å². The number of rotatable bonds is 8. The summed E-state index contributed by atoms with van der Waals surface area (Å²) in [6.45, 7) is 0.746. The molecule has 0 aliphatic heterocycles. The Morgan fingerprint density at radius 1 is 1.14 bits per heavy atom. The van der Waals surface area contributed by atoms with Crippen LogP contribution in [0.5, 0.6) is 0 Å². The summed E-state index contributed by atoms with van der Waals surface area (Å²) in [4.78, 5) is 3.80. The van der Waals surface area contributed by atoms with E-state index in [0.29, 0.717) is 5.75 Å². The lowest BCUT2D eigenvalue weighted by Crippen LogP contribution is -2.02. The number of aliphatic imine (C=N–C) groups is 1. The van der Waals surface area contributed by atoms with Gasteiger partial charge < -0.3 is 0 Å². The highest BCUT2D eigenvalue weighted by molar-refractivity contribution is 7.90. The molecule has 0 aliphatic carbocycles. The van der Waals surface area contributed by atoms with Crippen molar-refractivity contribution in [3.63, 3.8) is 0 Å². The molecular formula is C9H17NO2S2. The molecule has 0 saturated heterocycles. The molecule has 0 aliphatic rings. The lowest BCUT2D eigenvalue weighted by molar-refractivity contribution is 0.590. The third-order valence-electron chi connectivity index (χ3n) is 1.85. The molecule has 0 atom stereocenters. The van der Waals surface area contributed by atoms with Crippen molar-refractivity contribution in [3.05, 3.63) is 0 Å². The molecule has 0 rings (SSSR count). The highest BCUT2D eigenvalue weighted by Crippen LogP contribution is 2.04. The van der Waals surface area contributed by atoms with Crippen LogP contribution in [0.4, 0.5) is 0 Å². The highest BCUT2D eigenvalue weighted by Gasteiger charge is 2.00. The maximum absolute atomic E-state index is 10.8. The molecule has 0 saturated carbocycles. The van der Waals surface area contributed by atoms with Crippen molar-refractivity contribution in [1.82, 2.24) is 0 Å². The number of hydrogen-bond acceptors (Lipinski definition) is 4. The van der Waals surface area contributed by atoms with Gasteiger partial charge in [0.05, 0.1) is 5.16 Å². The van der Waals surface area contributed by atoms with E-state index in [2.05, 4.69) is 22.4 Å². The first kappa shape index (κ1) is 13.8. The molecule has 5 heteroatoms. The number of thiocarbonyl (C=S) groups is 1. The molecule has 3 nitrogen and oxygen atoms in total. The number of hydrogen-bond donors (Lipinski definition) is 0. The van der Waals surface area contributed by atoms with Crippen LogP contribution in [0.1, 0.15) is 32.1 Å². The van der Waals surface area contributed by atoms with Crippen molar-refractivity contribution < 1.29 is 8.42 Å². The number of nitrogens with zero attached hydrogens (tertiary/aromatic N) is 1. The minimum atomic E-state index is -2.77. The number of sulfone groups is 1. The molecule has 0 spiro atoms. The third kappa shape index (κ3) is 11.8. The highest BCUT2D eigenvalue weighted by atomic mass is 32.2. The first-order valence-corrected chi connectivity index (χ1v) is 7.24. The van der Waals surface area contributed by atoms with Crippen LogP contribution in [0.15, 0.2) is 4.99 Å². The molecule has 82 valence electrons. The van der Waals surface area contributed by atoms with Gasteiger partial charge in [-0.15, -0.1) is 0 Å². The minimum Gasteiger partial charge on any atom is -0.233 e. The van der Waals surface area contributed by atoms with Gasteiger partial charge in [-0.1, -0.05) is 19.3 Å². The van der Waals surface area contributed by atoms with Gasteiger partial charge in [-0.2, -0.15) is 0 Å². The van der Waals surface area contributed by atoms with Crippen LogP contribution in [0.25, 0.3) is 0 Å². The summed E-state index contributed by atoms with van der Waals surface area (Å²) >= 11 is 4.43. The average molecular weight is 235 g/mol. The normalized spacial score (nSPS) is 10.9. The minimum absolute atomic E-state index is 0.311. The summed E-state index contributed by atoms with van der Waals surface area (Å²) in [6.07, 6.45) is 6.21. The lowest BCUT2D eigenvalue weighted by atomic mass is 10.1. The molecule has 0 aromatic heterocycles. The van der Waals surface area contributed by atoms with Crippen LogP contribution in [0.2, 0.25) is 0 Å². The van der Waals surface area contributed by atoms with Gasteiger partial charge in [-0.25, -0.2) is 13.4 Å². The van der Waals surface area contributed by atoms with Gasteiger partial charge in [0.1, 0.15) is 9.84 Å². The molecule has 0 fully saturated rings. The summed E-state index contributed by atoms with van der Waals surface area (Å²) in [6, 6.07) is 0. The van der Waals surface area contributed by atoms with Crippen LogP contribution in [-0.2, 0) is 9.84 Å². The Kier molecular flexibility index (Phi) is 7.95. The molecule has 0 aromatic rings. The van der Waals surface area contributed by atoms with Gasteiger partial charge in [-0.05, 0) is 25.1 Å². The summed E-state index contributed by atoms with van der Waals surface area (Å²) < 4.78 is 21.5. The second-order valence-corrected chi connectivity index (χ2v) is 5.81. The smallest absolute Gasteiger partial charge is 0.147 e. The van der Waals surface area contributed by atoms with Gasteiger partial charge in [0.15, 0.2) is 0 Å². The topological polar surface area (TPSA) is 46.5 Å². The van der Waals surface area contributed by atoms with E-state index in [1.165, 1.54) is 6.26 Å². The van der Waals surface area contributed by atoms with Crippen molar-refractivity contribution >= 4 is 27.2 Å². The maximum Gasteiger partial charge on any atom is 0.147 e. The van der Waals surface area contributed by atoms with E-state index in [1.54, 1.807) is 0 Å². The van der Waals surface area contributed by atoms with E-state index >= 15 is 0 Å². The summed E-state index contributed by atoms with van der Waals surface area (Å²) in [7, 11) is -2.77. The molecular weight excluding hydrogens is 218 g/mol. The summed E-state index contributed by atoms with van der Waals surface area (Å²) in [5.74, 6) is 0.311. The Morgan fingerprint density at radius 2 is 1.71 bits per heavy atom.